The van der Waals surface area contributed by atoms with Crippen molar-refractivity contribution in [3.63, 3.8) is 0 Å². The summed E-state index contributed by atoms with van der Waals surface area (Å²) in [6, 6.07) is 6.90. The molecule has 0 saturated heterocycles. The van der Waals surface area contributed by atoms with E-state index < -0.39 is 17.7 Å². The van der Waals surface area contributed by atoms with Gasteiger partial charge < -0.3 is 10.0 Å². The highest BCUT2D eigenvalue weighted by molar-refractivity contribution is 6.05. The lowest BCUT2D eigenvalue weighted by Gasteiger charge is -2.17. The molecule has 0 fully saturated rings. The minimum absolute atomic E-state index is 0.120. The van der Waals surface area contributed by atoms with Gasteiger partial charge in [0, 0.05) is 18.9 Å². The summed E-state index contributed by atoms with van der Waals surface area (Å²) in [5.41, 5.74) is 0.751. The Labute approximate surface area is 114 Å². The Morgan fingerprint density at radius 1 is 1.15 bits per heavy atom. The number of halogens is 1. The Bertz CT molecular complexity index is 656. The highest BCUT2D eigenvalue weighted by atomic mass is 19.1. The van der Waals surface area contributed by atoms with Gasteiger partial charge in [0.1, 0.15) is 5.82 Å². The van der Waals surface area contributed by atoms with Crippen LogP contribution in [0.1, 0.15) is 20.7 Å². The van der Waals surface area contributed by atoms with Gasteiger partial charge in [0.25, 0.3) is 5.91 Å². The number of pyridine rings is 1. The van der Waals surface area contributed by atoms with Gasteiger partial charge in [-0.3, -0.25) is 9.78 Å². The number of hydrogen-bond donors (Lipinski definition) is 1. The molecule has 2 aromatic rings. The summed E-state index contributed by atoms with van der Waals surface area (Å²) in [6.07, 6.45) is 2.28. The Morgan fingerprint density at radius 2 is 1.80 bits per heavy atom. The van der Waals surface area contributed by atoms with E-state index in [1.165, 1.54) is 42.4 Å². The van der Waals surface area contributed by atoms with Crippen molar-refractivity contribution in [3.05, 3.63) is 59.7 Å². The second-order valence-corrected chi connectivity index (χ2v) is 4.11. The fourth-order valence-electron chi connectivity index (χ4n) is 1.67. The molecule has 6 heteroatoms. The Hall–Kier alpha value is -2.76. The van der Waals surface area contributed by atoms with Crippen LogP contribution in [0.2, 0.25) is 0 Å². The van der Waals surface area contributed by atoms with Crippen LogP contribution in [-0.2, 0) is 0 Å². The fraction of sp³-hybridized carbons (Fsp3) is 0.0714. The summed E-state index contributed by atoms with van der Waals surface area (Å²) >= 11 is 0. The zero-order chi connectivity index (χ0) is 14.7. The Kier molecular flexibility index (Phi) is 3.74. The molecule has 0 spiro atoms. The smallest absolute Gasteiger partial charge is 0.335 e. The van der Waals surface area contributed by atoms with Crippen LogP contribution in [0.3, 0.4) is 0 Å². The van der Waals surface area contributed by atoms with Crippen molar-refractivity contribution in [2.45, 2.75) is 0 Å². The van der Waals surface area contributed by atoms with E-state index in [9.17, 15) is 14.0 Å². The van der Waals surface area contributed by atoms with Crippen molar-refractivity contribution >= 4 is 17.6 Å². The zero-order valence-corrected chi connectivity index (χ0v) is 10.6. The van der Waals surface area contributed by atoms with Crippen LogP contribution in [0, 0.1) is 5.82 Å². The molecule has 0 saturated carbocycles. The maximum Gasteiger partial charge on any atom is 0.335 e. The first-order valence-corrected chi connectivity index (χ1v) is 5.71. The van der Waals surface area contributed by atoms with Crippen molar-refractivity contribution in [1.82, 2.24) is 4.98 Å². The molecule has 0 aliphatic carbocycles. The first-order chi connectivity index (χ1) is 9.49. The maximum atomic E-state index is 13.0. The van der Waals surface area contributed by atoms with Crippen molar-refractivity contribution in [1.29, 1.82) is 0 Å². The first kappa shape index (κ1) is 13.7. The topological polar surface area (TPSA) is 70.5 Å². The molecule has 1 aromatic carbocycles. The van der Waals surface area contributed by atoms with E-state index in [4.69, 9.17) is 5.11 Å². The third-order valence-electron chi connectivity index (χ3n) is 2.76. The predicted molar refractivity (Wildman–Crippen MR) is 70.3 cm³/mol. The molecular formula is C14H11FN2O3. The van der Waals surface area contributed by atoms with Gasteiger partial charge in [-0.25, -0.2) is 9.18 Å². The number of amides is 1. The summed E-state index contributed by atoms with van der Waals surface area (Å²) in [4.78, 5) is 27.8. The van der Waals surface area contributed by atoms with Crippen LogP contribution < -0.4 is 4.90 Å². The molecule has 5 nitrogen and oxygen atoms in total. The van der Waals surface area contributed by atoms with Gasteiger partial charge in [-0.15, -0.1) is 0 Å². The number of carboxylic acids is 1. The minimum atomic E-state index is -1.04. The van der Waals surface area contributed by atoms with Crippen LogP contribution in [0.4, 0.5) is 10.1 Å². The van der Waals surface area contributed by atoms with E-state index in [1.807, 2.05) is 0 Å². The first-order valence-electron chi connectivity index (χ1n) is 5.71. The van der Waals surface area contributed by atoms with E-state index >= 15 is 0 Å². The van der Waals surface area contributed by atoms with Crippen molar-refractivity contribution in [2.24, 2.45) is 0 Å². The third kappa shape index (κ3) is 2.80. The summed E-state index contributed by atoms with van der Waals surface area (Å²) in [6.45, 7) is 0. The number of anilines is 1. The molecule has 20 heavy (non-hydrogen) atoms. The van der Waals surface area contributed by atoms with E-state index in [-0.39, 0.29) is 11.1 Å². The molecular weight excluding hydrogens is 263 g/mol. The van der Waals surface area contributed by atoms with E-state index in [1.54, 1.807) is 0 Å². The van der Waals surface area contributed by atoms with E-state index in [0.29, 0.717) is 5.69 Å². The monoisotopic (exact) mass is 274 g/mol. The highest BCUT2D eigenvalue weighted by Gasteiger charge is 2.15. The third-order valence-corrected chi connectivity index (χ3v) is 2.76. The van der Waals surface area contributed by atoms with Gasteiger partial charge in [-0.1, -0.05) is 0 Å². The molecule has 1 aromatic heterocycles. The lowest BCUT2D eigenvalue weighted by atomic mass is 10.2. The van der Waals surface area contributed by atoms with Crippen LogP contribution in [-0.4, -0.2) is 29.0 Å². The van der Waals surface area contributed by atoms with Gasteiger partial charge in [0.05, 0.1) is 17.3 Å². The maximum absolute atomic E-state index is 13.0. The van der Waals surface area contributed by atoms with Crippen LogP contribution >= 0.6 is 0 Å². The molecule has 0 unspecified atom stereocenters. The van der Waals surface area contributed by atoms with E-state index in [2.05, 4.69) is 4.98 Å². The Morgan fingerprint density at radius 3 is 2.35 bits per heavy atom. The summed E-state index contributed by atoms with van der Waals surface area (Å²) < 4.78 is 13.0. The van der Waals surface area contributed by atoms with E-state index in [0.717, 1.165) is 12.3 Å². The fourth-order valence-corrected chi connectivity index (χ4v) is 1.67. The average molecular weight is 274 g/mol. The molecule has 0 aliphatic heterocycles. The summed E-state index contributed by atoms with van der Waals surface area (Å²) in [5, 5.41) is 8.80. The minimum Gasteiger partial charge on any atom is -0.478 e. The van der Waals surface area contributed by atoms with Gasteiger partial charge in [0.2, 0.25) is 0 Å². The molecule has 1 N–H and O–H groups in total. The number of nitrogens with zero attached hydrogens (tertiary/aromatic N) is 2. The molecule has 102 valence electrons. The SMILES string of the molecule is CN(C(=O)c1cncc(F)c1)c1ccc(C(=O)O)cc1. The predicted octanol–water partition coefficient (Wildman–Crippen LogP) is 2.20. The molecule has 1 amide bonds. The quantitative estimate of drug-likeness (QED) is 0.931. The van der Waals surface area contributed by atoms with Gasteiger partial charge in [-0.2, -0.15) is 0 Å². The van der Waals surface area contributed by atoms with Crippen molar-refractivity contribution in [2.75, 3.05) is 11.9 Å². The van der Waals surface area contributed by atoms with Crippen LogP contribution in [0.5, 0.6) is 0 Å². The molecule has 1 heterocycles. The number of carbonyl (C=O) groups is 2. The second-order valence-electron chi connectivity index (χ2n) is 4.11. The van der Waals surface area contributed by atoms with Crippen molar-refractivity contribution < 1.29 is 19.1 Å². The summed E-state index contributed by atoms with van der Waals surface area (Å²) in [7, 11) is 1.52. The van der Waals surface area contributed by atoms with Crippen LogP contribution in [0.15, 0.2) is 42.7 Å². The van der Waals surface area contributed by atoms with Crippen molar-refractivity contribution in [3.8, 4) is 0 Å². The molecule has 0 atom stereocenters. The number of benzene rings is 1. The van der Waals surface area contributed by atoms with Gasteiger partial charge in [0.15, 0.2) is 0 Å². The number of hydrogen-bond acceptors (Lipinski definition) is 3. The number of carboxylic acid groups (broad SMARTS) is 1. The normalized spacial score (nSPS) is 10.1. The lowest BCUT2D eigenvalue weighted by Crippen LogP contribution is -2.26. The van der Waals surface area contributed by atoms with Gasteiger partial charge >= 0.3 is 5.97 Å². The number of aromatic nitrogens is 1. The number of carbonyl (C=O) groups excluding carboxylic acids is 1. The Balaban J connectivity index is 2.24. The molecule has 0 aliphatic rings. The standard InChI is InChI=1S/C14H11FN2O3/c1-17(12-4-2-9(3-5-12)14(19)20)13(18)10-6-11(15)8-16-7-10/h2-8H,1H3,(H,19,20). The highest BCUT2D eigenvalue weighted by Crippen LogP contribution is 2.16. The largest absolute Gasteiger partial charge is 0.478 e. The van der Waals surface area contributed by atoms with Gasteiger partial charge in [-0.05, 0) is 30.3 Å². The number of aromatic carboxylic acids is 1. The van der Waals surface area contributed by atoms with Crippen LogP contribution in [0.25, 0.3) is 0 Å². The second kappa shape index (κ2) is 5.48. The average Bonchev–Trinajstić information content (AvgIpc) is 2.46. The molecule has 0 bridgehead atoms. The zero-order valence-electron chi connectivity index (χ0n) is 10.6. The number of rotatable bonds is 3. The molecule has 0 radical (unpaired) electrons. The lowest BCUT2D eigenvalue weighted by molar-refractivity contribution is 0.0696. The molecule has 2 rings (SSSR count). The summed E-state index contributed by atoms with van der Waals surface area (Å²) in [5.74, 6) is -2.06.